The molecule has 0 saturated carbocycles. The number of halogens is 2. The summed E-state index contributed by atoms with van der Waals surface area (Å²) in [6, 6.07) is 17.3. The lowest BCUT2D eigenvalue weighted by Crippen LogP contribution is -2.22. The Labute approximate surface area is 192 Å². The number of amides is 1. The zero-order chi connectivity index (χ0) is 23.6. The van der Waals surface area contributed by atoms with Crippen LogP contribution in [0.3, 0.4) is 0 Å². The van der Waals surface area contributed by atoms with E-state index in [1.807, 2.05) is 0 Å². The number of benzene rings is 3. The molecule has 6 nitrogen and oxygen atoms in total. The number of carbonyl (C=O) groups excluding carboxylic acids is 1. The van der Waals surface area contributed by atoms with Crippen molar-refractivity contribution in [3.05, 3.63) is 95.0 Å². The van der Waals surface area contributed by atoms with Crippen LogP contribution in [0, 0.1) is 11.6 Å². The molecule has 0 radical (unpaired) electrons. The van der Waals surface area contributed by atoms with E-state index in [4.69, 9.17) is 5.14 Å². The Balaban J connectivity index is 1.68. The van der Waals surface area contributed by atoms with E-state index in [0.717, 1.165) is 16.9 Å². The first kappa shape index (κ1) is 22.7. The zero-order valence-corrected chi connectivity index (χ0v) is 18.6. The summed E-state index contributed by atoms with van der Waals surface area (Å²) in [5, 5.41) is 8.08. The molecule has 0 spiro atoms. The molecule has 168 valence electrons. The van der Waals surface area contributed by atoms with Gasteiger partial charge < -0.3 is 5.32 Å². The van der Waals surface area contributed by atoms with Gasteiger partial charge in [0, 0.05) is 12.1 Å². The Bertz CT molecular complexity index is 1400. The highest BCUT2D eigenvalue weighted by Crippen LogP contribution is 2.37. The molecule has 3 aromatic carbocycles. The van der Waals surface area contributed by atoms with Gasteiger partial charge in [0.2, 0.25) is 10.0 Å². The van der Waals surface area contributed by atoms with Crippen LogP contribution in [-0.4, -0.2) is 19.3 Å². The Kier molecular flexibility index (Phi) is 6.32. The van der Waals surface area contributed by atoms with Crippen molar-refractivity contribution in [2.24, 2.45) is 5.14 Å². The first-order chi connectivity index (χ1) is 15.7. The zero-order valence-electron chi connectivity index (χ0n) is 17.0. The van der Waals surface area contributed by atoms with Crippen LogP contribution >= 0.6 is 11.3 Å². The van der Waals surface area contributed by atoms with Crippen molar-refractivity contribution in [1.29, 1.82) is 0 Å². The molecule has 4 rings (SSSR count). The average molecular weight is 486 g/mol. The molecule has 4 aromatic rings. The van der Waals surface area contributed by atoms with Gasteiger partial charge in [-0.25, -0.2) is 27.3 Å². The Morgan fingerprint density at radius 3 is 2.00 bits per heavy atom. The van der Waals surface area contributed by atoms with Crippen LogP contribution in [0.25, 0.3) is 21.7 Å². The van der Waals surface area contributed by atoms with Crippen LogP contribution < -0.4 is 10.5 Å². The standard InChI is InChI=1S/C23H17F2N3O3S2/c24-17-7-1-14(2-8-17)13-27-22(29)23-28-20(15-5-11-19(12-6-15)33(26,30)31)21(32-23)16-3-9-18(25)10-4-16/h1-12H,13H2,(H,27,29)(H2,26,30,31). The molecule has 0 fully saturated rings. The Morgan fingerprint density at radius 2 is 1.42 bits per heavy atom. The predicted octanol–water partition coefficient (Wildman–Crippen LogP) is 4.33. The second kappa shape index (κ2) is 9.18. The van der Waals surface area contributed by atoms with Crippen LogP contribution in [0.1, 0.15) is 15.4 Å². The third-order valence-electron chi connectivity index (χ3n) is 4.75. The van der Waals surface area contributed by atoms with Crippen LogP contribution in [0.5, 0.6) is 0 Å². The van der Waals surface area contributed by atoms with Gasteiger partial charge in [-0.2, -0.15) is 0 Å². The van der Waals surface area contributed by atoms with Gasteiger partial charge in [-0.15, -0.1) is 11.3 Å². The van der Waals surface area contributed by atoms with E-state index in [1.54, 1.807) is 36.4 Å². The number of nitrogens with two attached hydrogens (primary N) is 1. The van der Waals surface area contributed by atoms with Crippen molar-refractivity contribution >= 4 is 27.3 Å². The van der Waals surface area contributed by atoms with E-state index in [0.29, 0.717) is 21.7 Å². The molecule has 1 aromatic heterocycles. The molecular formula is C23H17F2N3O3S2. The van der Waals surface area contributed by atoms with Gasteiger partial charge in [-0.1, -0.05) is 36.4 Å². The van der Waals surface area contributed by atoms with Crippen molar-refractivity contribution in [2.75, 3.05) is 0 Å². The summed E-state index contributed by atoms with van der Waals surface area (Å²) >= 11 is 1.12. The van der Waals surface area contributed by atoms with Crippen molar-refractivity contribution in [3.8, 4) is 21.7 Å². The van der Waals surface area contributed by atoms with Crippen LogP contribution in [0.4, 0.5) is 8.78 Å². The number of aromatic nitrogens is 1. The highest BCUT2D eigenvalue weighted by Gasteiger charge is 2.20. The fourth-order valence-electron chi connectivity index (χ4n) is 3.07. The number of rotatable bonds is 6. The maximum Gasteiger partial charge on any atom is 0.280 e. The highest BCUT2D eigenvalue weighted by atomic mass is 32.2. The first-order valence-electron chi connectivity index (χ1n) is 9.63. The van der Waals surface area contributed by atoms with E-state index >= 15 is 0 Å². The Hall–Kier alpha value is -3.47. The highest BCUT2D eigenvalue weighted by molar-refractivity contribution is 7.89. The minimum absolute atomic E-state index is 0.0536. The molecule has 33 heavy (non-hydrogen) atoms. The smallest absolute Gasteiger partial charge is 0.280 e. The summed E-state index contributed by atoms with van der Waals surface area (Å²) in [5.74, 6) is -1.20. The minimum atomic E-state index is -3.86. The summed E-state index contributed by atoms with van der Waals surface area (Å²) in [4.78, 5) is 17.8. The molecule has 0 bridgehead atoms. The maximum absolute atomic E-state index is 13.4. The van der Waals surface area contributed by atoms with Gasteiger partial charge in [-0.05, 0) is 47.5 Å². The van der Waals surface area contributed by atoms with E-state index in [2.05, 4.69) is 10.3 Å². The molecule has 0 saturated heterocycles. The summed E-state index contributed by atoms with van der Waals surface area (Å²) in [6.07, 6.45) is 0. The van der Waals surface area contributed by atoms with E-state index in [9.17, 15) is 22.0 Å². The first-order valence-corrected chi connectivity index (χ1v) is 12.0. The lowest BCUT2D eigenvalue weighted by molar-refractivity contribution is 0.0950. The molecule has 0 unspecified atom stereocenters. The molecule has 1 amide bonds. The number of thiazole rings is 1. The van der Waals surface area contributed by atoms with E-state index in [1.165, 1.54) is 36.4 Å². The summed E-state index contributed by atoms with van der Waals surface area (Å²) in [7, 11) is -3.86. The quantitative estimate of drug-likeness (QED) is 0.424. The summed E-state index contributed by atoms with van der Waals surface area (Å²) in [5.41, 5.74) is 2.38. The number of nitrogens with one attached hydrogen (secondary N) is 1. The number of hydrogen-bond acceptors (Lipinski definition) is 5. The molecule has 10 heteroatoms. The van der Waals surface area contributed by atoms with Crippen LogP contribution in [-0.2, 0) is 16.6 Å². The van der Waals surface area contributed by atoms with Gasteiger partial charge in [0.05, 0.1) is 15.5 Å². The van der Waals surface area contributed by atoms with E-state index < -0.39 is 21.7 Å². The van der Waals surface area contributed by atoms with Gasteiger partial charge in [-0.3, -0.25) is 4.79 Å². The topological polar surface area (TPSA) is 102 Å². The fourth-order valence-corrected chi connectivity index (χ4v) is 4.60. The number of sulfonamides is 1. The van der Waals surface area contributed by atoms with Crippen LogP contribution in [0.15, 0.2) is 77.7 Å². The van der Waals surface area contributed by atoms with Gasteiger partial charge in [0.1, 0.15) is 11.6 Å². The van der Waals surface area contributed by atoms with E-state index in [-0.39, 0.29) is 22.3 Å². The van der Waals surface area contributed by atoms with Crippen LogP contribution in [0.2, 0.25) is 0 Å². The van der Waals surface area contributed by atoms with Crippen molar-refractivity contribution < 1.29 is 22.0 Å². The second-order valence-electron chi connectivity index (χ2n) is 7.08. The van der Waals surface area contributed by atoms with Gasteiger partial charge in [0.15, 0.2) is 5.01 Å². The Morgan fingerprint density at radius 1 is 0.879 bits per heavy atom. The molecule has 3 N–H and O–H groups in total. The number of nitrogens with zero attached hydrogens (tertiary/aromatic N) is 1. The SMILES string of the molecule is NS(=O)(=O)c1ccc(-c2nc(C(=O)NCc3ccc(F)cc3)sc2-c2ccc(F)cc2)cc1. The fraction of sp³-hybridized carbons (Fsp3) is 0.0435. The molecule has 0 aliphatic heterocycles. The van der Waals surface area contributed by atoms with Crippen molar-refractivity contribution in [3.63, 3.8) is 0 Å². The number of carbonyl (C=O) groups is 1. The van der Waals surface area contributed by atoms with Gasteiger partial charge >= 0.3 is 0 Å². The van der Waals surface area contributed by atoms with Gasteiger partial charge in [0.25, 0.3) is 5.91 Å². The van der Waals surface area contributed by atoms with Crippen molar-refractivity contribution in [1.82, 2.24) is 10.3 Å². The normalized spacial score (nSPS) is 11.4. The molecular weight excluding hydrogens is 468 g/mol. The van der Waals surface area contributed by atoms with Crippen molar-refractivity contribution in [2.45, 2.75) is 11.4 Å². The maximum atomic E-state index is 13.4. The molecule has 0 atom stereocenters. The minimum Gasteiger partial charge on any atom is -0.346 e. The largest absolute Gasteiger partial charge is 0.346 e. The third kappa shape index (κ3) is 5.30. The number of primary sulfonamides is 1. The predicted molar refractivity (Wildman–Crippen MR) is 122 cm³/mol. The second-order valence-corrected chi connectivity index (χ2v) is 9.64. The number of hydrogen-bond donors (Lipinski definition) is 2. The monoisotopic (exact) mass is 485 g/mol. The average Bonchev–Trinajstić information content (AvgIpc) is 3.24. The molecule has 0 aliphatic rings. The lowest BCUT2D eigenvalue weighted by Gasteiger charge is -2.04. The third-order valence-corrected chi connectivity index (χ3v) is 6.78. The lowest BCUT2D eigenvalue weighted by atomic mass is 10.1. The summed E-state index contributed by atoms with van der Waals surface area (Å²) < 4.78 is 49.6. The molecule has 1 heterocycles. The molecule has 0 aliphatic carbocycles. The summed E-state index contributed by atoms with van der Waals surface area (Å²) in [6.45, 7) is 0.183.